The van der Waals surface area contributed by atoms with Crippen LogP contribution >= 0.6 is 7.82 Å². The van der Waals surface area contributed by atoms with Crippen molar-refractivity contribution in [2.45, 2.75) is 174 Å². The lowest BCUT2D eigenvalue weighted by molar-refractivity contribution is -0.870. The van der Waals surface area contributed by atoms with Crippen molar-refractivity contribution in [3.8, 4) is 0 Å². The molecule has 0 heterocycles. The van der Waals surface area contributed by atoms with Crippen LogP contribution in [0.1, 0.15) is 162 Å². The van der Waals surface area contributed by atoms with E-state index in [4.69, 9.17) is 18.5 Å². The summed E-state index contributed by atoms with van der Waals surface area (Å²) in [6.07, 6.45) is 41.9. The molecule has 0 amide bonds. The molecule has 0 bridgehead atoms. The molecule has 3 atom stereocenters. The predicted molar refractivity (Wildman–Crippen MR) is 235 cm³/mol. The Morgan fingerprint density at radius 3 is 1.72 bits per heavy atom. The van der Waals surface area contributed by atoms with E-state index in [0.717, 1.165) is 70.6 Å². The molecule has 0 aliphatic heterocycles. The number of ether oxygens (including phenoxy) is 2. The van der Waals surface area contributed by atoms with Crippen LogP contribution in [0.3, 0.4) is 0 Å². The van der Waals surface area contributed by atoms with E-state index in [-0.39, 0.29) is 32.2 Å². The molecule has 0 aromatic carbocycles. The van der Waals surface area contributed by atoms with Crippen LogP contribution in [0.4, 0.5) is 0 Å². The third-order valence-electron chi connectivity index (χ3n) is 9.08. The van der Waals surface area contributed by atoms with Gasteiger partial charge < -0.3 is 24.0 Å². The molecule has 330 valence electrons. The maximum atomic E-state index is 12.7. The van der Waals surface area contributed by atoms with Crippen LogP contribution < -0.4 is 0 Å². The molecular weight excluding hydrogens is 741 g/mol. The number of aliphatic hydroxyl groups excluding tert-OH is 1. The van der Waals surface area contributed by atoms with E-state index < -0.39 is 32.5 Å². The molecule has 0 spiro atoms. The molecular formula is C46H83NO9P+. The zero-order valence-corrected chi connectivity index (χ0v) is 37.6. The Kier molecular flexibility index (Phi) is 36.4. The van der Waals surface area contributed by atoms with Crippen LogP contribution in [0.2, 0.25) is 0 Å². The fourth-order valence-corrected chi connectivity index (χ4v) is 6.34. The SMILES string of the molecule is CCCCCCCC/C=C\CCCCCCCC(=O)O[C@H](COC(=O)CCC/C=C\C/C=C\C/C=C\C/C=C\CC(O)CCC)COP(=O)(O)OCC[N+](C)(C)C. The molecule has 11 heteroatoms. The lowest BCUT2D eigenvalue weighted by Gasteiger charge is -2.24. The number of allylic oxidation sites excluding steroid dienone is 9. The summed E-state index contributed by atoms with van der Waals surface area (Å²) < 4.78 is 34.2. The zero-order valence-electron chi connectivity index (χ0n) is 36.7. The van der Waals surface area contributed by atoms with E-state index in [0.29, 0.717) is 30.3 Å². The number of hydrogen-bond donors (Lipinski definition) is 2. The monoisotopic (exact) mass is 825 g/mol. The van der Waals surface area contributed by atoms with Crippen LogP contribution in [0.5, 0.6) is 0 Å². The van der Waals surface area contributed by atoms with Gasteiger partial charge in [-0.2, -0.15) is 0 Å². The standard InChI is InChI=1S/C46H82NO9P/c1-6-8-9-10-11-12-13-14-15-18-22-25-28-31-34-38-46(50)56-44(42-55-57(51,52)54-40-39-47(3,4)5)41-53-45(49)37-33-30-27-24-21-19-16-17-20-23-26-29-32-36-43(48)35-7-2/h14-16,19-20,23-24,27,29,32,43-44,48H,6-13,17-18,21-22,25-26,28,30-31,33-42H2,1-5H3/p+1/b15-14-,19-16-,23-20-,27-24-,32-29-/t43?,44-/m1/s1. The molecule has 0 aliphatic carbocycles. The van der Waals surface area contributed by atoms with Crippen LogP contribution in [0.15, 0.2) is 60.8 Å². The number of phosphoric acid groups is 1. The molecule has 57 heavy (non-hydrogen) atoms. The summed E-state index contributed by atoms with van der Waals surface area (Å²) in [4.78, 5) is 35.3. The highest BCUT2D eigenvalue weighted by atomic mass is 31.2. The number of rotatable bonds is 39. The first-order chi connectivity index (χ1) is 27.4. The van der Waals surface area contributed by atoms with Gasteiger partial charge in [-0.25, -0.2) is 4.57 Å². The molecule has 0 aromatic heterocycles. The summed E-state index contributed by atoms with van der Waals surface area (Å²) in [5.74, 6) is -0.898. The third kappa shape index (κ3) is 41.6. The third-order valence-corrected chi connectivity index (χ3v) is 10.1. The number of unbranched alkanes of at least 4 members (excludes halogenated alkanes) is 12. The van der Waals surface area contributed by atoms with Crippen LogP contribution in [-0.2, 0) is 32.7 Å². The maximum absolute atomic E-state index is 12.7. The van der Waals surface area contributed by atoms with Crippen LogP contribution in [0.25, 0.3) is 0 Å². The Morgan fingerprint density at radius 2 is 1.12 bits per heavy atom. The number of nitrogens with zero attached hydrogens (tertiary/aromatic N) is 1. The molecule has 2 unspecified atom stereocenters. The Hall–Kier alpha value is -2.33. The Morgan fingerprint density at radius 1 is 0.614 bits per heavy atom. The van der Waals surface area contributed by atoms with Gasteiger partial charge in [0, 0.05) is 12.8 Å². The Balaban J connectivity index is 4.49. The second kappa shape index (κ2) is 37.9. The minimum absolute atomic E-state index is 0.0131. The fourth-order valence-electron chi connectivity index (χ4n) is 5.60. The first-order valence-corrected chi connectivity index (χ1v) is 23.6. The van der Waals surface area contributed by atoms with Crippen molar-refractivity contribution in [2.24, 2.45) is 0 Å². The van der Waals surface area contributed by atoms with Gasteiger partial charge in [0.2, 0.25) is 0 Å². The van der Waals surface area contributed by atoms with Crippen LogP contribution in [0, 0.1) is 0 Å². The van der Waals surface area contributed by atoms with E-state index in [1.165, 1.54) is 44.9 Å². The van der Waals surface area contributed by atoms with Crippen molar-refractivity contribution >= 4 is 19.8 Å². The highest BCUT2D eigenvalue weighted by Gasteiger charge is 2.27. The highest BCUT2D eigenvalue weighted by Crippen LogP contribution is 2.43. The van der Waals surface area contributed by atoms with E-state index in [1.807, 2.05) is 33.3 Å². The van der Waals surface area contributed by atoms with Gasteiger partial charge >= 0.3 is 19.8 Å². The lowest BCUT2D eigenvalue weighted by Crippen LogP contribution is -2.37. The second-order valence-electron chi connectivity index (χ2n) is 15.9. The smallest absolute Gasteiger partial charge is 0.462 e. The number of likely N-dealkylation sites (N-methyl/N-ethyl adjacent to an activating group) is 1. The number of aliphatic hydroxyl groups is 1. The molecule has 0 aromatic rings. The molecule has 10 nitrogen and oxygen atoms in total. The van der Waals surface area contributed by atoms with Gasteiger partial charge in [0.25, 0.3) is 0 Å². The first kappa shape index (κ1) is 54.7. The zero-order chi connectivity index (χ0) is 42.3. The quantitative estimate of drug-likeness (QED) is 0.0205. The van der Waals surface area contributed by atoms with Crippen LogP contribution in [-0.4, -0.2) is 86.1 Å². The maximum Gasteiger partial charge on any atom is 0.472 e. The van der Waals surface area contributed by atoms with Crippen molar-refractivity contribution in [1.29, 1.82) is 0 Å². The van der Waals surface area contributed by atoms with Crippen molar-refractivity contribution in [2.75, 3.05) is 47.5 Å². The van der Waals surface area contributed by atoms with Gasteiger partial charge in [0.15, 0.2) is 6.10 Å². The number of carbonyl (C=O) groups is 2. The summed E-state index contributed by atoms with van der Waals surface area (Å²) in [5, 5.41) is 9.73. The van der Waals surface area contributed by atoms with Gasteiger partial charge in [-0.05, 0) is 77.0 Å². The summed E-state index contributed by atoms with van der Waals surface area (Å²) in [6, 6.07) is 0. The number of carbonyl (C=O) groups excluding carboxylic acids is 2. The molecule has 0 aliphatic rings. The second-order valence-corrected chi connectivity index (χ2v) is 17.4. The van der Waals surface area contributed by atoms with Gasteiger partial charge in [0.1, 0.15) is 19.8 Å². The largest absolute Gasteiger partial charge is 0.472 e. The summed E-state index contributed by atoms with van der Waals surface area (Å²) in [6.45, 7) is 4.12. The van der Waals surface area contributed by atoms with E-state index in [1.54, 1.807) is 0 Å². The minimum Gasteiger partial charge on any atom is -0.462 e. The summed E-state index contributed by atoms with van der Waals surface area (Å²) in [5.41, 5.74) is 0. The molecule has 0 radical (unpaired) electrons. The first-order valence-electron chi connectivity index (χ1n) is 22.1. The summed E-state index contributed by atoms with van der Waals surface area (Å²) in [7, 11) is 1.41. The molecule has 0 saturated carbocycles. The van der Waals surface area contributed by atoms with Crippen molar-refractivity contribution in [3.05, 3.63) is 60.8 Å². The summed E-state index contributed by atoms with van der Waals surface area (Å²) >= 11 is 0. The van der Waals surface area contributed by atoms with Gasteiger partial charge in [-0.1, -0.05) is 132 Å². The van der Waals surface area contributed by atoms with Gasteiger partial charge in [-0.15, -0.1) is 0 Å². The molecule has 0 saturated heterocycles. The Labute approximate surface area is 348 Å². The fraction of sp³-hybridized carbons (Fsp3) is 0.739. The number of hydrogen-bond acceptors (Lipinski definition) is 8. The molecule has 0 fully saturated rings. The Bertz CT molecular complexity index is 1170. The highest BCUT2D eigenvalue weighted by molar-refractivity contribution is 7.47. The van der Waals surface area contributed by atoms with Gasteiger partial charge in [0.05, 0.1) is 33.9 Å². The van der Waals surface area contributed by atoms with E-state index >= 15 is 0 Å². The topological polar surface area (TPSA) is 129 Å². The number of quaternary nitrogens is 1. The predicted octanol–water partition coefficient (Wildman–Crippen LogP) is 11.4. The number of esters is 2. The minimum atomic E-state index is -4.40. The normalized spacial score (nSPS) is 14.7. The van der Waals surface area contributed by atoms with Crippen molar-refractivity contribution in [3.63, 3.8) is 0 Å². The lowest BCUT2D eigenvalue weighted by atomic mass is 10.1. The van der Waals surface area contributed by atoms with E-state index in [2.05, 4.69) is 62.5 Å². The number of phosphoric ester groups is 1. The molecule has 2 N–H and O–H groups in total. The van der Waals surface area contributed by atoms with Crippen molar-refractivity contribution < 1.29 is 47.2 Å². The average Bonchev–Trinajstić information content (AvgIpc) is 3.15. The average molecular weight is 825 g/mol. The van der Waals surface area contributed by atoms with Crippen molar-refractivity contribution in [1.82, 2.24) is 0 Å². The molecule has 0 rings (SSSR count). The van der Waals surface area contributed by atoms with E-state index in [9.17, 15) is 24.2 Å². The van der Waals surface area contributed by atoms with Gasteiger partial charge in [-0.3, -0.25) is 18.6 Å².